The Morgan fingerprint density at radius 3 is 2.61 bits per heavy atom. The molecule has 2 nitrogen and oxygen atoms in total. The normalized spacial score (nSPS) is 10.8. The Labute approximate surface area is 117 Å². The molecule has 1 aromatic carbocycles. The van der Waals surface area contributed by atoms with Crippen molar-refractivity contribution >= 4 is 27.3 Å². The minimum Gasteiger partial charge on any atom is -0.469 e. The molecule has 18 heavy (non-hydrogen) atoms. The third-order valence-corrected chi connectivity index (χ3v) is 4.14. The quantitative estimate of drug-likeness (QED) is 0.653. The second-order valence-corrected chi connectivity index (χ2v) is 5.71. The molecule has 4 heteroatoms. The van der Waals surface area contributed by atoms with Crippen molar-refractivity contribution in [1.29, 1.82) is 0 Å². The maximum Gasteiger partial charge on any atom is 0.127 e. The molecule has 0 aliphatic carbocycles. The molecule has 90 valence electrons. The number of hydrogen-bond acceptors (Lipinski definition) is 3. The van der Waals surface area contributed by atoms with Crippen LogP contribution < -0.4 is 0 Å². The Morgan fingerprint density at radius 2 is 1.94 bits per heavy atom. The van der Waals surface area contributed by atoms with Gasteiger partial charge in [0, 0.05) is 15.4 Å². The van der Waals surface area contributed by atoms with Crippen LogP contribution in [0.25, 0.3) is 21.8 Å². The molecule has 0 amide bonds. The van der Waals surface area contributed by atoms with Gasteiger partial charge >= 0.3 is 0 Å². The summed E-state index contributed by atoms with van der Waals surface area (Å²) in [7, 11) is 0. The van der Waals surface area contributed by atoms with Crippen molar-refractivity contribution in [3.8, 4) is 21.8 Å². The largest absolute Gasteiger partial charge is 0.469 e. The highest BCUT2D eigenvalue weighted by molar-refractivity contribution is 9.10. The highest BCUT2D eigenvalue weighted by Gasteiger charge is 2.10. The lowest BCUT2D eigenvalue weighted by molar-refractivity contribution is 0.535. The highest BCUT2D eigenvalue weighted by atomic mass is 79.9. The van der Waals surface area contributed by atoms with Crippen molar-refractivity contribution in [1.82, 2.24) is 4.98 Å². The summed E-state index contributed by atoms with van der Waals surface area (Å²) in [5.74, 6) is 0.909. The van der Waals surface area contributed by atoms with E-state index in [1.165, 1.54) is 0 Å². The minimum atomic E-state index is 0.909. The third kappa shape index (κ3) is 2.13. The van der Waals surface area contributed by atoms with E-state index in [9.17, 15) is 0 Å². The zero-order valence-corrected chi connectivity index (χ0v) is 12.1. The number of benzene rings is 1. The Kier molecular flexibility index (Phi) is 3.06. The van der Waals surface area contributed by atoms with E-state index in [-0.39, 0.29) is 0 Å². The van der Waals surface area contributed by atoms with Gasteiger partial charge in [-0.05, 0) is 25.1 Å². The van der Waals surface area contributed by atoms with Crippen molar-refractivity contribution in [2.24, 2.45) is 0 Å². The van der Waals surface area contributed by atoms with E-state index >= 15 is 0 Å². The van der Waals surface area contributed by atoms with Crippen molar-refractivity contribution in [3.05, 3.63) is 52.2 Å². The number of rotatable bonds is 2. The molecule has 0 spiro atoms. The Bertz CT molecular complexity index is 669. The van der Waals surface area contributed by atoms with Gasteiger partial charge in [0.15, 0.2) is 0 Å². The molecule has 0 saturated carbocycles. The smallest absolute Gasteiger partial charge is 0.127 e. The van der Waals surface area contributed by atoms with Crippen LogP contribution in [0.5, 0.6) is 0 Å². The summed E-state index contributed by atoms with van der Waals surface area (Å²) >= 11 is 5.07. The van der Waals surface area contributed by atoms with Crippen molar-refractivity contribution in [3.63, 3.8) is 0 Å². The maximum atomic E-state index is 5.31. The SMILES string of the molecule is Cc1occc1-c1nc(-c2ccc(Br)cc2)cs1. The van der Waals surface area contributed by atoms with Crippen LogP contribution in [-0.4, -0.2) is 4.98 Å². The number of aryl methyl sites for hydroxylation is 1. The summed E-state index contributed by atoms with van der Waals surface area (Å²) in [6.07, 6.45) is 1.70. The molecular weight excluding hydrogens is 310 g/mol. The highest BCUT2D eigenvalue weighted by Crippen LogP contribution is 2.31. The van der Waals surface area contributed by atoms with Crippen molar-refractivity contribution in [2.45, 2.75) is 6.92 Å². The van der Waals surface area contributed by atoms with Gasteiger partial charge in [0.05, 0.1) is 17.5 Å². The Hall–Kier alpha value is -1.39. The fourth-order valence-corrected chi connectivity index (χ4v) is 2.92. The lowest BCUT2D eigenvalue weighted by Gasteiger charge is -1.96. The first kappa shape index (κ1) is 11.7. The number of nitrogens with zero attached hydrogens (tertiary/aromatic N) is 1. The third-order valence-electron chi connectivity index (χ3n) is 2.73. The van der Waals surface area contributed by atoms with Gasteiger partial charge < -0.3 is 4.42 Å². The number of aromatic nitrogens is 1. The van der Waals surface area contributed by atoms with Gasteiger partial charge in [0.25, 0.3) is 0 Å². The standard InChI is InChI=1S/C14H10BrNOS/c1-9-12(6-7-17-9)14-16-13(8-18-14)10-2-4-11(15)5-3-10/h2-8H,1H3. The zero-order valence-electron chi connectivity index (χ0n) is 9.68. The monoisotopic (exact) mass is 319 g/mol. The van der Waals surface area contributed by atoms with E-state index in [0.717, 1.165) is 32.1 Å². The predicted octanol–water partition coefficient (Wildman–Crippen LogP) is 5.14. The second-order valence-electron chi connectivity index (χ2n) is 3.94. The van der Waals surface area contributed by atoms with Gasteiger partial charge in [-0.1, -0.05) is 28.1 Å². The van der Waals surface area contributed by atoms with Gasteiger partial charge in [-0.3, -0.25) is 0 Å². The summed E-state index contributed by atoms with van der Waals surface area (Å²) in [6.45, 7) is 1.95. The molecule has 0 radical (unpaired) electrons. The first-order chi connectivity index (χ1) is 8.74. The molecule has 0 fully saturated rings. The summed E-state index contributed by atoms with van der Waals surface area (Å²) in [4.78, 5) is 4.66. The molecule has 0 saturated heterocycles. The molecule has 0 aliphatic heterocycles. The minimum absolute atomic E-state index is 0.909. The molecule has 0 bridgehead atoms. The summed E-state index contributed by atoms with van der Waals surface area (Å²) < 4.78 is 6.39. The van der Waals surface area contributed by atoms with Crippen molar-refractivity contribution in [2.75, 3.05) is 0 Å². The predicted molar refractivity (Wildman–Crippen MR) is 77.7 cm³/mol. The number of hydrogen-bond donors (Lipinski definition) is 0. The fraction of sp³-hybridized carbons (Fsp3) is 0.0714. The van der Waals surface area contributed by atoms with Gasteiger partial charge in [0.1, 0.15) is 10.8 Å². The zero-order chi connectivity index (χ0) is 12.5. The van der Waals surface area contributed by atoms with E-state index in [2.05, 4.69) is 38.4 Å². The summed E-state index contributed by atoms with van der Waals surface area (Å²) in [5, 5.41) is 3.07. The first-order valence-electron chi connectivity index (χ1n) is 5.50. The topological polar surface area (TPSA) is 26.0 Å². The molecule has 2 heterocycles. The Balaban J connectivity index is 1.99. The van der Waals surface area contributed by atoms with E-state index in [0.29, 0.717) is 0 Å². The number of halogens is 1. The van der Waals surface area contributed by atoms with Crippen LogP contribution in [0.1, 0.15) is 5.76 Å². The average Bonchev–Trinajstić information content (AvgIpc) is 2.98. The fourth-order valence-electron chi connectivity index (χ4n) is 1.76. The molecule has 3 aromatic rings. The average molecular weight is 320 g/mol. The molecule has 0 unspecified atom stereocenters. The number of furan rings is 1. The lowest BCUT2D eigenvalue weighted by Crippen LogP contribution is -1.79. The van der Waals surface area contributed by atoms with Crippen molar-refractivity contribution < 1.29 is 4.42 Å². The van der Waals surface area contributed by atoms with Crippen LogP contribution in [-0.2, 0) is 0 Å². The molecular formula is C14H10BrNOS. The van der Waals surface area contributed by atoms with Crippen LogP contribution >= 0.6 is 27.3 Å². The van der Waals surface area contributed by atoms with E-state index in [1.54, 1.807) is 17.6 Å². The van der Waals surface area contributed by atoms with Crippen LogP contribution in [0.4, 0.5) is 0 Å². The van der Waals surface area contributed by atoms with Crippen LogP contribution in [0.15, 0.2) is 50.9 Å². The Morgan fingerprint density at radius 1 is 1.17 bits per heavy atom. The van der Waals surface area contributed by atoms with E-state index in [4.69, 9.17) is 4.42 Å². The van der Waals surface area contributed by atoms with Crippen LogP contribution in [0.2, 0.25) is 0 Å². The van der Waals surface area contributed by atoms with Crippen LogP contribution in [0.3, 0.4) is 0 Å². The van der Waals surface area contributed by atoms with Gasteiger partial charge in [-0.25, -0.2) is 4.98 Å². The first-order valence-corrected chi connectivity index (χ1v) is 7.17. The van der Waals surface area contributed by atoms with Crippen LogP contribution in [0, 0.1) is 6.92 Å². The summed E-state index contributed by atoms with van der Waals surface area (Å²) in [6, 6.07) is 10.1. The summed E-state index contributed by atoms with van der Waals surface area (Å²) in [5.41, 5.74) is 3.20. The van der Waals surface area contributed by atoms with Gasteiger partial charge in [0.2, 0.25) is 0 Å². The number of thiazole rings is 1. The molecule has 0 aliphatic rings. The lowest BCUT2D eigenvalue weighted by atomic mass is 10.2. The molecule has 2 aromatic heterocycles. The second kappa shape index (κ2) is 4.71. The van der Waals surface area contributed by atoms with Gasteiger partial charge in [-0.15, -0.1) is 11.3 Å². The molecule has 0 N–H and O–H groups in total. The molecule has 0 atom stereocenters. The maximum absolute atomic E-state index is 5.31. The molecule has 3 rings (SSSR count). The van der Waals surface area contributed by atoms with E-state index in [1.807, 2.05) is 25.1 Å². The van der Waals surface area contributed by atoms with Gasteiger partial charge in [-0.2, -0.15) is 0 Å². The van der Waals surface area contributed by atoms with E-state index < -0.39 is 0 Å².